The Kier molecular flexibility index (Phi) is 8.16. The molecule has 2 aromatic rings. The van der Waals surface area contributed by atoms with Gasteiger partial charge in [-0.05, 0) is 45.6 Å². The van der Waals surface area contributed by atoms with Crippen molar-refractivity contribution in [2.75, 3.05) is 27.2 Å². The number of rotatable bonds is 9. The smallest absolute Gasteiger partial charge is 0.241 e. The van der Waals surface area contributed by atoms with Gasteiger partial charge in [-0.3, -0.25) is 14.3 Å². The summed E-state index contributed by atoms with van der Waals surface area (Å²) in [5.41, 5.74) is 2.91. The summed E-state index contributed by atoms with van der Waals surface area (Å²) in [5.74, 6) is -0.750. The first-order chi connectivity index (χ1) is 13.7. The number of hydrogen-bond acceptors (Lipinski definition) is 4. The molecule has 0 fully saturated rings. The lowest BCUT2D eigenvalue weighted by molar-refractivity contribution is -0.122. The number of aromatic nitrogens is 2. The fourth-order valence-corrected chi connectivity index (χ4v) is 3.07. The lowest BCUT2D eigenvalue weighted by atomic mass is 10.1. The van der Waals surface area contributed by atoms with E-state index in [9.17, 15) is 14.0 Å². The van der Waals surface area contributed by atoms with Gasteiger partial charge in [0.2, 0.25) is 11.8 Å². The maximum absolute atomic E-state index is 13.1. The van der Waals surface area contributed by atoms with Crippen LogP contribution in [0.2, 0.25) is 5.02 Å². The Morgan fingerprint density at radius 2 is 1.93 bits per heavy atom. The van der Waals surface area contributed by atoms with E-state index in [1.165, 1.54) is 12.1 Å². The minimum Gasteiger partial charge on any atom is -0.353 e. The Morgan fingerprint density at radius 1 is 1.21 bits per heavy atom. The summed E-state index contributed by atoms with van der Waals surface area (Å²) < 4.78 is 14.7. The number of nitrogens with zero attached hydrogens (tertiary/aromatic N) is 3. The van der Waals surface area contributed by atoms with Gasteiger partial charge in [-0.2, -0.15) is 5.10 Å². The zero-order valence-electron chi connectivity index (χ0n) is 17.2. The molecule has 0 atom stereocenters. The van der Waals surface area contributed by atoms with E-state index in [0.717, 1.165) is 17.8 Å². The van der Waals surface area contributed by atoms with E-state index in [1.807, 2.05) is 32.8 Å². The van der Waals surface area contributed by atoms with Crippen LogP contribution in [0, 0.1) is 19.7 Å². The van der Waals surface area contributed by atoms with Crippen LogP contribution in [0.15, 0.2) is 18.2 Å². The summed E-state index contributed by atoms with van der Waals surface area (Å²) in [6.07, 6.45) is 0.138. The highest BCUT2D eigenvalue weighted by molar-refractivity contribution is 6.31. The minimum absolute atomic E-state index is 0.104. The molecule has 0 radical (unpaired) electrons. The van der Waals surface area contributed by atoms with Gasteiger partial charge in [0.1, 0.15) is 12.4 Å². The molecule has 0 aliphatic carbocycles. The number of hydrogen-bond donors (Lipinski definition) is 2. The zero-order chi connectivity index (χ0) is 21.6. The first-order valence-electron chi connectivity index (χ1n) is 9.32. The third-order valence-electron chi connectivity index (χ3n) is 4.53. The van der Waals surface area contributed by atoms with E-state index in [-0.39, 0.29) is 36.3 Å². The molecule has 1 aromatic heterocycles. The molecule has 29 heavy (non-hydrogen) atoms. The van der Waals surface area contributed by atoms with E-state index in [1.54, 1.807) is 10.7 Å². The number of nitrogens with one attached hydrogen (secondary N) is 2. The molecule has 7 nitrogen and oxygen atoms in total. The molecule has 2 amide bonds. The van der Waals surface area contributed by atoms with Gasteiger partial charge in [0.25, 0.3) is 0 Å². The van der Waals surface area contributed by atoms with Gasteiger partial charge in [-0.15, -0.1) is 0 Å². The summed E-state index contributed by atoms with van der Waals surface area (Å²) in [6.45, 7) is 5.28. The van der Waals surface area contributed by atoms with Crippen LogP contribution in [0.5, 0.6) is 0 Å². The number of benzene rings is 1. The summed E-state index contributed by atoms with van der Waals surface area (Å²) >= 11 is 5.98. The van der Waals surface area contributed by atoms with Gasteiger partial charge in [-0.25, -0.2) is 4.39 Å². The molecule has 0 bridgehead atoms. The second-order valence-electron chi connectivity index (χ2n) is 7.15. The SMILES string of the molecule is Cc1nn(CC(=O)NCCN(C)C)c(C)c1CC(=O)NCc1ccc(F)cc1Cl. The van der Waals surface area contributed by atoms with Crippen molar-refractivity contribution in [1.82, 2.24) is 25.3 Å². The van der Waals surface area contributed by atoms with E-state index in [4.69, 9.17) is 11.6 Å². The van der Waals surface area contributed by atoms with Gasteiger partial charge in [0.05, 0.1) is 12.1 Å². The standard InChI is InChI=1S/C20H27ClFN5O2/c1-13-17(10-19(28)24-11-15-5-6-16(22)9-18(15)21)14(2)27(25-13)12-20(29)23-7-8-26(3)4/h5-6,9H,7-8,10-12H2,1-4H3,(H,23,29)(H,24,28). The topological polar surface area (TPSA) is 79.3 Å². The molecule has 0 saturated heterocycles. The van der Waals surface area contributed by atoms with Crippen LogP contribution in [0.4, 0.5) is 4.39 Å². The number of aryl methyl sites for hydroxylation is 1. The average molecular weight is 424 g/mol. The normalized spacial score (nSPS) is 11.0. The molecule has 2 N–H and O–H groups in total. The molecule has 9 heteroatoms. The molecule has 0 unspecified atom stereocenters. The number of halogens is 2. The Balaban J connectivity index is 1.93. The lowest BCUT2D eigenvalue weighted by Gasteiger charge is -2.11. The summed E-state index contributed by atoms with van der Waals surface area (Å²) in [5, 5.41) is 10.3. The molecule has 1 heterocycles. The van der Waals surface area contributed by atoms with Crippen LogP contribution in [-0.4, -0.2) is 53.7 Å². The van der Waals surface area contributed by atoms with Crippen molar-refractivity contribution in [2.45, 2.75) is 33.4 Å². The largest absolute Gasteiger partial charge is 0.353 e. The number of likely N-dealkylation sites (N-methyl/N-ethyl adjacent to an activating group) is 1. The zero-order valence-corrected chi connectivity index (χ0v) is 17.9. The maximum atomic E-state index is 13.1. The Hall–Kier alpha value is -2.45. The maximum Gasteiger partial charge on any atom is 0.241 e. The minimum atomic E-state index is -0.422. The third-order valence-corrected chi connectivity index (χ3v) is 4.89. The van der Waals surface area contributed by atoms with Crippen molar-refractivity contribution in [3.05, 3.63) is 51.6 Å². The molecular weight excluding hydrogens is 397 g/mol. The first kappa shape index (κ1) is 22.8. The second-order valence-corrected chi connectivity index (χ2v) is 7.56. The Morgan fingerprint density at radius 3 is 2.59 bits per heavy atom. The molecule has 0 spiro atoms. The van der Waals surface area contributed by atoms with Crippen molar-refractivity contribution in [2.24, 2.45) is 0 Å². The Labute approximate surface area is 175 Å². The molecule has 0 aliphatic heterocycles. The predicted octanol–water partition coefficient (Wildman–Crippen LogP) is 1.83. The third kappa shape index (κ3) is 6.83. The highest BCUT2D eigenvalue weighted by Gasteiger charge is 2.17. The predicted molar refractivity (Wildman–Crippen MR) is 110 cm³/mol. The van der Waals surface area contributed by atoms with Crippen LogP contribution in [-0.2, 0) is 29.1 Å². The van der Waals surface area contributed by atoms with Gasteiger partial charge >= 0.3 is 0 Å². The Bertz CT molecular complexity index is 882. The summed E-state index contributed by atoms with van der Waals surface area (Å²) in [4.78, 5) is 26.4. The van der Waals surface area contributed by atoms with Gasteiger partial charge in [0, 0.05) is 35.9 Å². The van der Waals surface area contributed by atoms with Gasteiger partial charge in [0.15, 0.2) is 0 Å². The molecule has 158 valence electrons. The van der Waals surface area contributed by atoms with Crippen LogP contribution in [0.25, 0.3) is 0 Å². The van der Waals surface area contributed by atoms with Crippen molar-refractivity contribution in [1.29, 1.82) is 0 Å². The number of carbonyl (C=O) groups excluding carboxylic acids is 2. The molecule has 2 rings (SSSR count). The van der Waals surface area contributed by atoms with Crippen molar-refractivity contribution < 1.29 is 14.0 Å². The van der Waals surface area contributed by atoms with Crippen LogP contribution < -0.4 is 10.6 Å². The highest BCUT2D eigenvalue weighted by Crippen LogP contribution is 2.17. The summed E-state index contributed by atoms with van der Waals surface area (Å²) in [6, 6.07) is 4.06. The summed E-state index contributed by atoms with van der Waals surface area (Å²) in [7, 11) is 3.88. The number of amides is 2. The van der Waals surface area contributed by atoms with Gasteiger partial charge < -0.3 is 15.5 Å². The highest BCUT2D eigenvalue weighted by atomic mass is 35.5. The van der Waals surface area contributed by atoms with Crippen LogP contribution >= 0.6 is 11.6 Å². The van der Waals surface area contributed by atoms with Crippen molar-refractivity contribution in [3.8, 4) is 0 Å². The van der Waals surface area contributed by atoms with Crippen LogP contribution in [0.1, 0.15) is 22.5 Å². The molecule has 0 saturated carbocycles. The monoisotopic (exact) mass is 423 g/mol. The first-order valence-corrected chi connectivity index (χ1v) is 9.70. The van der Waals surface area contributed by atoms with E-state index >= 15 is 0 Å². The fourth-order valence-electron chi connectivity index (χ4n) is 2.84. The molecule has 1 aromatic carbocycles. The van der Waals surface area contributed by atoms with Gasteiger partial charge in [-0.1, -0.05) is 17.7 Å². The second kappa shape index (κ2) is 10.4. The van der Waals surface area contributed by atoms with E-state index < -0.39 is 5.82 Å². The van der Waals surface area contributed by atoms with E-state index in [0.29, 0.717) is 17.8 Å². The lowest BCUT2D eigenvalue weighted by Crippen LogP contribution is -2.34. The molecular formula is C20H27ClFN5O2. The van der Waals surface area contributed by atoms with Crippen LogP contribution in [0.3, 0.4) is 0 Å². The molecule has 0 aliphatic rings. The van der Waals surface area contributed by atoms with Crippen molar-refractivity contribution in [3.63, 3.8) is 0 Å². The van der Waals surface area contributed by atoms with Crippen molar-refractivity contribution >= 4 is 23.4 Å². The van der Waals surface area contributed by atoms with E-state index in [2.05, 4.69) is 15.7 Å². The quantitative estimate of drug-likeness (QED) is 0.645. The average Bonchev–Trinajstić information content (AvgIpc) is 2.88. The number of carbonyl (C=O) groups is 2. The fraction of sp³-hybridized carbons (Fsp3) is 0.450.